The number of benzene rings is 2. The Kier molecular flexibility index (Phi) is 5.40. The monoisotopic (exact) mass is 327 g/mol. The molecule has 0 unspecified atom stereocenters. The smallest absolute Gasteiger partial charge is 0.274 e. The van der Waals surface area contributed by atoms with Crippen molar-refractivity contribution in [2.45, 2.75) is 13.1 Å². The van der Waals surface area contributed by atoms with Gasteiger partial charge in [0.15, 0.2) is 0 Å². The molecule has 1 N–H and O–H groups in total. The molecule has 126 valence electrons. The highest BCUT2D eigenvalue weighted by atomic mass is 16.6. The number of morpholine rings is 1. The number of anilines is 1. The van der Waals surface area contributed by atoms with Crippen molar-refractivity contribution in [2.24, 2.45) is 0 Å². The van der Waals surface area contributed by atoms with Gasteiger partial charge >= 0.3 is 0 Å². The zero-order chi connectivity index (χ0) is 16.8. The first-order valence-electron chi connectivity index (χ1n) is 8.08. The highest BCUT2D eigenvalue weighted by molar-refractivity contribution is 5.52. The van der Waals surface area contributed by atoms with Crippen LogP contribution in [0.15, 0.2) is 48.5 Å². The van der Waals surface area contributed by atoms with Gasteiger partial charge in [-0.2, -0.15) is 0 Å². The normalized spacial score (nSPS) is 15.2. The van der Waals surface area contributed by atoms with Crippen molar-refractivity contribution in [3.63, 3.8) is 0 Å². The summed E-state index contributed by atoms with van der Waals surface area (Å²) in [6.07, 6.45) is 0. The molecule has 2 aromatic rings. The summed E-state index contributed by atoms with van der Waals surface area (Å²) in [4.78, 5) is 13.1. The summed E-state index contributed by atoms with van der Waals surface area (Å²) in [5, 5.41) is 14.5. The molecule has 0 amide bonds. The first-order chi connectivity index (χ1) is 11.7. The van der Waals surface area contributed by atoms with E-state index in [2.05, 4.69) is 16.3 Å². The van der Waals surface area contributed by atoms with E-state index < -0.39 is 0 Å². The van der Waals surface area contributed by atoms with Crippen LogP contribution in [0.1, 0.15) is 11.1 Å². The second-order valence-corrected chi connectivity index (χ2v) is 5.79. The van der Waals surface area contributed by atoms with E-state index in [-0.39, 0.29) is 10.6 Å². The van der Waals surface area contributed by atoms with E-state index in [4.69, 9.17) is 4.74 Å². The minimum absolute atomic E-state index is 0.149. The maximum atomic E-state index is 11.1. The molecule has 0 spiro atoms. The molecule has 6 nitrogen and oxygen atoms in total. The van der Waals surface area contributed by atoms with E-state index in [1.54, 1.807) is 12.1 Å². The molecular weight excluding hydrogens is 306 g/mol. The molecule has 1 aliphatic rings. The molecule has 0 aliphatic carbocycles. The van der Waals surface area contributed by atoms with E-state index >= 15 is 0 Å². The number of rotatable bonds is 6. The molecule has 1 fully saturated rings. The fraction of sp³-hybridized carbons (Fsp3) is 0.333. The van der Waals surface area contributed by atoms with E-state index in [0.717, 1.165) is 38.5 Å². The van der Waals surface area contributed by atoms with Gasteiger partial charge < -0.3 is 10.1 Å². The zero-order valence-electron chi connectivity index (χ0n) is 13.5. The van der Waals surface area contributed by atoms with Crippen LogP contribution in [-0.2, 0) is 17.8 Å². The summed E-state index contributed by atoms with van der Waals surface area (Å²) in [6.45, 7) is 4.68. The lowest BCUT2D eigenvalue weighted by Crippen LogP contribution is -2.35. The fourth-order valence-corrected chi connectivity index (χ4v) is 2.86. The van der Waals surface area contributed by atoms with Crippen molar-refractivity contribution in [2.75, 3.05) is 31.6 Å². The van der Waals surface area contributed by atoms with Crippen molar-refractivity contribution in [1.82, 2.24) is 4.90 Å². The number of para-hydroxylation sites is 2. The van der Waals surface area contributed by atoms with Crippen molar-refractivity contribution >= 4 is 11.4 Å². The largest absolute Gasteiger partial charge is 0.380 e. The number of hydrogen-bond donors (Lipinski definition) is 1. The number of nitro groups is 1. The molecule has 0 aromatic heterocycles. The van der Waals surface area contributed by atoms with Crippen LogP contribution in [0, 0.1) is 10.1 Å². The lowest BCUT2D eigenvalue weighted by molar-refractivity contribution is -0.385. The van der Waals surface area contributed by atoms with E-state index in [9.17, 15) is 10.1 Å². The van der Waals surface area contributed by atoms with Crippen molar-refractivity contribution in [1.29, 1.82) is 0 Å². The standard InChI is InChI=1S/C18H21N3O3/c22-21(23)18-8-4-2-5-15(18)13-19-17-7-3-1-6-16(17)14-20-9-11-24-12-10-20/h1-8,19H,9-14H2. The molecule has 1 saturated heterocycles. The summed E-state index contributed by atoms with van der Waals surface area (Å²) in [5.74, 6) is 0. The molecule has 0 radical (unpaired) electrons. The molecule has 1 aliphatic heterocycles. The van der Waals surface area contributed by atoms with Gasteiger partial charge in [0.25, 0.3) is 5.69 Å². The van der Waals surface area contributed by atoms with E-state index in [0.29, 0.717) is 12.1 Å². The van der Waals surface area contributed by atoms with Gasteiger partial charge in [-0.3, -0.25) is 15.0 Å². The summed E-state index contributed by atoms with van der Waals surface area (Å²) in [6, 6.07) is 14.9. The maximum Gasteiger partial charge on any atom is 0.274 e. The van der Waals surface area contributed by atoms with Gasteiger partial charge in [-0.25, -0.2) is 0 Å². The van der Waals surface area contributed by atoms with E-state index in [1.165, 1.54) is 11.6 Å². The Labute approximate surface area is 141 Å². The Hall–Kier alpha value is -2.44. The molecule has 1 heterocycles. The second kappa shape index (κ2) is 7.90. The number of nitrogens with one attached hydrogen (secondary N) is 1. The lowest BCUT2D eigenvalue weighted by atomic mass is 10.1. The average molecular weight is 327 g/mol. The molecule has 2 aromatic carbocycles. The van der Waals surface area contributed by atoms with Gasteiger partial charge in [0, 0.05) is 43.5 Å². The Morgan fingerprint density at radius 1 is 1.04 bits per heavy atom. The predicted molar refractivity (Wildman–Crippen MR) is 93.0 cm³/mol. The third kappa shape index (κ3) is 4.10. The summed E-state index contributed by atoms with van der Waals surface area (Å²) in [5.41, 5.74) is 3.04. The summed E-state index contributed by atoms with van der Waals surface area (Å²) in [7, 11) is 0. The third-order valence-corrected chi connectivity index (χ3v) is 4.17. The molecule has 0 bridgehead atoms. The topological polar surface area (TPSA) is 67.6 Å². The quantitative estimate of drug-likeness (QED) is 0.652. The van der Waals surface area contributed by atoms with Crippen LogP contribution in [0.25, 0.3) is 0 Å². The van der Waals surface area contributed by atoms with Crippen LogP contribution in [0.4, 0.5) is 11.4 Å². The Morgan fingerprint density at radius 2 is 1.71 bits per heavy atom. The Morgan fingerprint density at radius 3 is 2.46 bits per heavy atom. The minimum atomic E-state index is -0.337. The first-order valence-corrected chi connectivity index (χ1v) is 8.08. The van der Waals surface area contributed by atoms with Gasteiger partial charge in [0.2, 0.25) is 0 Å². The number of ether oxygens (including phenoxy) is 1. The third-order valence-electron chi connectivity index (χ3n) is 4.17. The Balaban J connectivity index is 1.70. The van der Waals surface area contributed by atoms with Gasteiger partial charge in [-0.15, -0.1) is 0 Å². The van der Waals surface area contributed by atoms with Crippen LogP contribution < -0.4 is 5.32 Å². The van der Waals surface area contributed by atoms with Crippen molar-refractivity contribution < 1.29 is 9.66 Å². The maximum absolute atomic E-state index is 11.1. The highest BCUT2D eigenvalue weighted by Gasteiger charge is 2.14. The van der Waals surface area contributed by atoms with Gasteiger partial charge in [0.05, 0.1) is 18.1 Å². The fourth-order valence-electron chi connectivity index (χ4n) is 2.86. The highest BCUT2D eigenvalue weighted by Crippen LogP contribution is 2.22. The molecular formula is C18H21N3O3. The number of nitro benzene ring substituents is 1. The molecule has 24 heavy (non-hydrogen) atoms. The molecule has 0 saturated carbocycles. The number of nitrogens with zero attached hydrogens (tertiary/aromatic N) is 2. The van der Waals surface area contributed by atoms with Crippen LogP contribution in [0.3, 0.4) is 0 Å². The van der Waals surface area contributed by atoms with E-state index in [1.807, 2.05) is 24.3 Å². The Bertz CT molecular complexity index is 699. The van der Waals surface area contributed by atoms with Crippen molar-refractivity contribution in [3.05, 3.63) is 69.8 Å². The molecule has 6 heteroatoms. The predicted octanol–water partition coefficient (Wildman–Crippen LogP) is 3.04. The lowest BCUT2D eigenvalue weighted by Gasteiger charge is -2.27. The first kappa shape index (κ1) is 16.4. The van der Waals surface area contributed by atoms with Gasteiger partial charge in [-0.1, -0.05) is 36.4 Å². The molecule has 0 atom stereocenters. The summed E-state index contributed by atoms with van der Waals surface area (Å²) >= 11 is 0. The van der Waals surface area contributed by atoms with Gasteiger partial charge in [-0.05, 0) is 11.6 Å². The SMILES string of the molecule is O=[N+]([O-])c1ccccc1CNc1ccccc1CN1CCOCC1. The number of hydrogen-bond acceptors (Lipinski definition) is 5. The van der Waals surface area contributed by atoms with Crippen LogP contribution in [0.2, 0.25) is 0 Å². The van der Waals surface area contributed by atoms with Gasteiger partial charge in [0.1, 0.15) is 0 Å². The second-order valence-electron chi connectivity index (χ2n) is 5.79. The molecule has 3 rings (SSSR count). The average Bonchev–Trinajstić information content (AvgIpc) is 2.62. The minimum Gasteiger partial charge on any atom is -0.380 e. The van der Waals surface area contributed by atoms with Crippen LogP contribution in [-0.4, -0.2) is 36.1 Å². The van der Waals surface area contributed by atoms with Crippen LogP contribution in [0.5, 0.6) is 0 Å². The zero-order valence-corrected chi connectivity index (χ0v) is 13.5. The van der Waals surface area contributed by atoms with Crippen molar-refractivity contribution in [3.8, 4) is 0 Å². The summed E-state index contributed by atoms with van der Waals surface area (Å²) < 4.78 is 5.39. The van der Waals surface area contributed by atoms with Crippen LogP contribution >= 0.6 is 0 Å².